The predicted octanol–water partition coefficient (Wildman–Crippen LogP) is 0.120. The molecule has 0 bridgehead atoms. The molecule has 7 nitrogen and oxygen atoms in total. The molecule has 0 aliphatic heterocycles. The van der Waals surface area contributed by atoms with E-state index in [-0.39, 0.29) is 5.69 Å². The van der Waals surface area contributed by atoms with E-state index < -0.39 is 22.1 Å². The third-order valence-electron chi connectivity index (χ3n) is 1.65. The van der Waals surface area contributed by atoms with Gasteiger partial charge in [0.1, 0.15) is 12.0 Å². The summed E-state index contributed by atoms with van der Waals surface area (Å²) in [6.07, 6.45) is 0.979. The lowest BCUT2D eigenvalue weighted by molar-refractivity contribution is -0.387. The van der Waals surface area contributed by atoms with Gasteiger partial charge in [0.25, 0.3) is 0 Å². The number of hydrogen-bond acceptors (Lipinski definition) is 5. The summed E-state index contributed by atoms with van der Waals surface area (Å²) >= 11 is 0. The molecule has 14 heavy (non-hydrogen) atoms. The molecular formula is C7H7N3O4. The summed E-state index contributed by atoms with van der Waals surface area (Å²) in [5, 5.41) is 10.5. The summed E-state index contributed by atoms with van der Waals surface area (Å²) in [7, 11) is 0. The highest BCUT2D eigenvalue weighted by molar-refractivity contribution is 5.76. The molecule has 0 amide bonds. The summed E-state index contributed by atoms with van der Waals surface area (Å²) in [4.78, 5) is 35.4. The summed E-state index contributed by atoms with van der Waals surface area (Å²) in [5.74, 6) is -0.606. The van der Waals surface area contributed by atoms with E-state index in [0.717, 1.165) is 13.3 Å². The lowest BCUT2D eigenvalue weighted by Crippen LogP contribution is -2.27. The monoisotopic (exact) mass is 197 g/mol. The fourth-order valence-corrected chi connectivity index (χ4v) is 0.961. The Morgan fingerprint density at radius 3 is 2.64 bits per heavy atom. The van der Waals surface area contributed by atoms with Crippen LogP contribution < -0.4 is 5.56 Å². The molecule has 0 atom stereocenters. The van der Waals surface area contributed by atoms with Crippen LogP contribution in [0.1, 0.15) is 17.4 Å². The third kappa shape index (κ3) is 1.51. The molecule has 0 aromatic carbocycles. The maximum Gasteiger partial charge on any atom is 0.355 e. The van der Waals surface area contributed by atoms with Gasteiger partial charge in [0.2, 0.25) is 5.91 Å². The number of aryl methyl sites for hydroxylation is 1. The second-order valence-electron chi connectivity index (χ2n) is 2.63. The van der Waals surface area contributed by atoms with E-state index in [9.17, 15) is 19.7 Å². The molecule has 0 radical (unpaired) electrons. The van der Waals surface area contributed by atoms with Gasteiger partial charge < -0.3 is 0 Å². The van der Waals surface area contributed by atoms with Crippen molar-refractivity contribution in [1.29, 1.82) is 0 Å². The molecule has 0 saturated carbocycles. The highest BCUT2D eigenvalue weighted by Gasteiger charge is 2.20. The van der Waals surface area contributed by atoms with E-state index >= 15 is 0 Å². The van der Waals surface area contributed by atoms with Gasteiger partial charge in [-0.15, -0.1) is 0 Å². The Kier molecular flexibility index (Phi) is 2.41. The Labute approximate surface area is 78.2 Å². The normalized spacial score (nSPS) is 9.86. The average Bonchev–Trinajstić information content (AvgIpc) is 2.02. The molecule has 1 heterocycles. The minimum absolute atomic E-state index is 0.00231. The summed E-state index contributed by atoms with van der Waals surface area (Å²) < 4.78 is 0.602. The van der Waals surface area contributed by atoms with Crippen molar-refractivity contribution in [1.82, 2.24) is 9.55 Å². The number of rotatable bonds is 1. The lowest BCUT2D eigenvalue weighted by atomic mass is 10.4. The maximum absolute atomic E-state index is 11.3. The highest BCUT2D eigenvalue weighted by Crippen LogP contribution is 2.06. The molecule has 0 unspecified atom stereocenters. The largest absolute Gasteiger partial charge is 0.355 e. The van der Waals surface area contributed by atoms with Crippen LogP contribution >= 0.6 is 0 Å². The van der Waals surface area contributed by atoms with E-state index in [2.05, 4.69) is 4.98 Å². The Balaban J connectivity index is 3.58. The first-order valence-electron chi connectivity index (χ1n) is 3.68. The number of nitro groups is 1. The SMILES string of the molecule is CC(=O)n1cnc(C)c([N+](=O)[O-])c1=O. The first-order valence-corrected chi connectivity index (χ1v) is 3.68. The number of nitrogens with zero attached hydrogens (tertiary/aromatic N) is 3. The van der Waals surface area contributed by atoms with Crippen LogP contribution in [0.4, 0.5) is 5.69 Å². The maximum atomic E-state index is 11.3. The molecule has 7 heteroatoms. The number of hydrogen-bond donors (Lipinski definition) is 0. The quantitative estimate of drug-likeness (QED) is 0.470. The topological polar surface area (TPSA) is 95.1 Å². The van der Waals surface area contributed by atoms with Crippen molar-refractivity contribution in [3.8, 4) is 0 Å². The fraction of sp³-hybridized carbons (Fsp3) is 0.286. The van der Waals surface area contributed by atoms with Crippen molar-refractivity contribution < 1.29 is 9.72 Å². The Bertz CT molecular complexity index is 462. The Morgan fingerprint density at radius 2 is 2.21 bits per heavy atom. The first-order chi connectivity index (χ1) is 6.45. The smallest absolute Gasteiger partial charge is 0.274 e. The summed E-state index contributed by atoms with van der Waals surface area (Å²) in [5.41, 5.74) is -1.62. The molecule has 0 spiro atoms. The predicted molar refractivity (Wildman–Crippen MR) is 46.2 cm³/mol. The fourth-order valence-electron chi connectivity index (χ4n) is 0.961. The number of aromatic nitrogens is 2. The van der Waals surface area contributed by atoms with Gasteiger partial charge in [-0.05, 0) is 6.92 Å². The zero-order valence-corrected chi connectivity index (χ0v) is 7.55. The molecule has 0 aliphatic rings. The van der Waals surface area contributed by atoms with Gasteiger partial charge in [-0.2, -0.15) is 0 Å². The molecule has 0 aliphatic carbocycles. The van der Waals surface area contributed by atoms with Crippen LogP contribution in [-0.4, -0.2) is 20.4 Å². The molecule has 1 aromatic heterocycles. The van der Waals surface area contributed by atoms with Gasteiger partial charge in [-0.3, -0.25) is 19.7 Å². The van der Waals surface area contributed by atoms with E-state index in [1.165, 1.54) is 6.92 Å². The van der Waals surface area contributed by atoms with Crippen LogP contribution in [0.5, 0.6) is 0 Å². The van der Waals surface area contributed by atoms with Gasteiger partial charge in [0.15, 0.2) is 0 Å². The lowest BCUT2D eigenvalue weighted by Gasteiger charge is -2.00. The van der Waals surface area contributed by atoms with E-state index in [0.29, 0.717) is 4.57 Å². The molecule has 0 N–H and O–H groups in total. The molecule has 1 aromatic rings. The van der Waals surface area contributed by atoms with Crippen LogP contribution in [0.15, 0.2) is 11.1 Å². The van der Waals surface area contributed by atoms with E-state index in [1.807, 2.05) is 0 Å². The zero-order chi connectivity index (χ0) is 10.9. The van der Waals surface area contributed by atoms with Crippen molar-refractivity contribution >= 4 is 11.6 Å². The second-order valence-corrected chi connectivity index (χ2v) is 2.63. The van der Waals surface area contributed by atoms with Gasteiger partial charge in [0, 0.05) is 6.92 Å². The van der Waals surface area contributed by atoms with Gasteiger partial charge >= 0.3 is 11.2 Å². The molecule has 0 saturated heterocycles. The second kappa shape index (κ2) is 3.36. The first kappa shape index (κ1) is 10.0. The molecule has 0 fully saturated rings. The number of carbonyl (C=O) groups is 1. The van der Waals surface area contributed by atoms with Crippen molar-refractivity contribution in [2.75, 3.05) is 0 Å². The summed E-state index contributed by atoms with van der Waals surface area (Å²) in [6.45, 7) is 2.46. The Morgan fingerprint density at radius 1 is 1.64 bits per heavy atom. The van der Waals surface area contributed by atoms with Crippen LogP contribution in [0.25, 0.3) is 0 Å². The van der Waals surface area contributed by atoms with Crippen molar-refractivity contribution in [2.45, 2.75) is 13.8 Å². The minimum Gasteiger partial charge on any atom is -0.274 e. The van der Waals surface area contributed by atoms with Gasteiger partial charge in [-0.25, -0.2) is 9.55 Å². The standard InChI is InChI=1S/C7H7N3O4/c1-4-6(10(13)14)7(12)9(3-8-4)5(2)11/h3H,1-2H3. The molecule has 74 valence electrons. The van der Waals surface area contributed by atoms with Crippen molar-refractivity contribution in [3.05, 3.63) is 32.5 Å². The molecular weight excluding hydrogens is 190 g/mol. The van der Waals surface area contributed by atoms with Crippen LogP contribution in [-0.2, 0) is 0 Å². The minimum atomic E-state index is -0.949. The third-order valence-corrected chi connectivity index (χ3v) is 1.65. The van der Waals surface area contributed by atoms with Gasteiger partial charge in [0.05, 0.1) is 4.92 Å². The van der Waals surface area contributed by atoms with Crippen molar-refractivity contribution in [2.24, 2.45) is 0 Å². The highest BCUT2D eigenvalue weighted by atomic mass is 16.6. The molecule has 1 rings (SSSR count). The van der Waals surface area contributed by atoms with Crippen LogP contribution in [0.2, 0.25) is 0 Å². The van der Waals surface area contributed by atoms with Crippen LogP contribution in [0, 0.1) is 17.0 Å². The van der Waals surface area contributed by atoms with Crippen molar-refractivity contribution in [3.63, 3.8) is 0 Å². The average molecular weight is 197 g/mol. The van der Waals surface area contributed by atoms with E-state index in [4.69, 9.17) is 0 Å². The Hall–Kier alpha value is -2.05. The summed E-state index contributed by atoms with van der Waals surface area (Å²) in [6, 6.07) is 0. The van der Waals surface area contributed by atoms with Gasteiger partial charge in [-0.1, -0.05) is 0 Å². The van der Waals surface area contributed by atoms with Crippen LogP contribution in [0.3, 0.4) is 0 Å². The zero-order valence-electron chi connectivity index (χ0n) is 7.55. The number of carbonyl (C=O) groups excluding carboxylic acids is 1. The van der Waals surface area contributed by atoms with E-state index in [1.54, 1.807) is 0 Å².